The molecule has 7 nitrogen and oxygen atoms in total. The molecule has 0 aliphatic heterocycles. The molecule has 0 spiro atoms. The molecule has 0 unspecified atom stereocenters. The number of rotatable bonds is 7. The van der Waals surface area contributed by atoms with Gasteiger partial charge in [-0.1, -0.05) is 12.1 Å². The van der Waals surface area contributed by atoms with Crippen LogP contribution in [0.1, 0.15) is 29.8 Å². The fraction of sp³-hybridized carbons (Fsp3) is 0.200. The van der Waals surface area contributed by atoms with E-state index >= 15 is 0 Å². The van der Waals surface area contributed by atoms with Crippen molar-refractivity contribution in [3.63, 3.8) is 0 Å². The van der Waals surface area contributed by atoms with Gasteiger partial charge in [-0.3, -0.25) is 19.2 Å². The lowest BCUT2D eigenvalue weighted by Gasteiger charge is -2.12. The Bertz CT molecular complexity index is 927. The van der Waals surface area contributed by atoms with Crippen LogP contribution in [-0.2, 0) is 25.5 Å². The fourth-order valence-corrected chi connectivity index (χ4v) is 2.45. The minimum atomic E-state index is -0.685. The zero-order valence-corrected chi connectivity index (χ0v) is 15.4. The Balaban J connectivity index is 2.06. The molecule has 28 heavy (non-hydrogen) atoms. The summed E-state index contributed by atoms with van der Waals surface area (Å²) in [4.78, 5) is 46.9. The van der Waals surface area contributed by atoms with Crippen LogP contribution in [0.4, 0.5) is 15.8 Å². The van der Waals surface area contributed by atoms with Gasteiger partial charge in [0.05, 0.1) is 12.1 Å². The highest BCUT2D eigenvalue weighted by atomic mass is 19.1. The zero-order valence-electron chi connectivity index (χ0n) is 15.4. The van der Waals surface area contributed by atoms with Crippen molar-refractivity contribution >= 4 is 34.9 Å². The van der Waals surface area contributed by atoms with Crippen molar-refractivity contribution in [1.29, 1.82) is 0 Å². The Kier molecular flexibility index (Phi) is 6.97. The van der Waals surface area contributed by atoms with Crippen molar-refractivity contribution in [3.8, 4) is 0 Å². The summed E-state index contributed by atoms with van der Waals surface area (Å²) in [7, 11) is 0. The summed E-state index contributed by atoms with van der Waals surface area (Å²) < 4.78 is 18.1. The Labute approximate surface area is 160 Å². The highest BCUT2D eigenvalue weighted by molar-refractivity contribution is 6.06. The first-order valence-electron chi connectivity index (χ1n) is 8.37. The van der Waals surface area contributed by atoms with Gasteiger partial charge < -0.3 is 15.4 Å². The average Bonchev–Trinajstić information content (AvgIpc) is 2.59. The first kappa shape index (κ1) is 20.8. The molecule has 2 aromatic carbocycles. The van der Waals surface area contributed by atoms with E-state index in [9.17, 15) is 23.6 Å². The molecule has 0 fully saturated rings. The molecule has 0 aliphatic rings. The summed E-state index contributed by atoms with van der Waals surface area (Å²) >= 11 is 0. The number of ether oxygens (including phenoxy) is 1. The number of hydrogen-bond donors (Lipinski definition) is 2. The molecule has 0 aromatic heterocycles. The number of Topliss-reactive ketones (excluding diaryl/α,β-unsaturated/α-hetero) is 1. The number of benzene rings is 2. The maximum absolute atomic E-state index is 13.1. The normalized spacial score (nSPS) is 10.1. The number of ketones is 1. The molecule has 2 aromatic rings. The number of amides is 2. The van der Waals surface area contributed by atoms with E-state index in [-0.39, 0.29) is 23.6 Å². The maximum atomic E-state index is 13.1. The highest BCUT2D eigenvalue weighted by Crippen LogP contribution is 2.22. The van der Waals surface area contributed by atoms with Crippen LogP contribution in [0.15, 0.2) is 42.5 Å². The molecule has 0 heterocycles. The van der Waals surface area contributed by atoms with E-state index in [2.05, 4.69) is 10.6 Å². The van der Waals surface area contributed by atoms with E-state index in [1.165, 1.54) is 50.2 Å². The number of hydrogen-bond acceptors (Lipinski definition) is 5. The average molecular weight is 386 g/mol. The Morgan fingerprint density at radius 3 is 2.32 bits per heavy atom. The van der Waals surface area contributed by atoms with Crippen LogP contribution < -0.4 is 10.6 Å². The molecule has 0 saturated heterocycles. The van der Waals surface area contributed by atoms with Crippen molar-refractivity contribution in [2.24, 2.45) is 0 Å². The van der Waals surface area contributed by atoms with E-state index in [4.69, 9.17) is 4.74 Å². The number of nitrogens with one attached hydrogen (secondary N) is 2. The SMILES string of the molecule is CC(=O)Nc1ccc(C(=O)COC(=O)Cc2cccc(F)c2)c(NC(C)=O)c1. The topological polar surface area (TPSA) is 102 Å². The second-order valence-electron chi connectivity index (χ2n) is 6.01. The number of esters is 1. The van der Waals surface area contributed by atoms with Gasteiger partial charge in [0, 0.05) is 25.1 Å². The molecular formula is C20H19FN2O5. The summed E-state index contributed by atoms with van der Waals surface area (Å²) in [6, 6.07) is 9.85. The first-order chi connectivity index (χ1) is 13.2. The Morgan fingerprint density at radius 1 is 0.964 bits per heavy atom. The van der Waals surface area contributed by atoms with Gasteiger partial charge in [-0.2, -0.15) is 0 Å². The summed E-state index contributed by atoms with van der Waals surface area (Å²) in [5.74, 6) is -2.41. The van der Waals surface area contributed by atoms with Crippen LogP contribution in [0, 0.1) is 5.82 Å². The van der Waals surface area contributed by atoms with Crippen molar-refractivity contribution in [3.05, 3.63) is 59.4 Å². The molecule has 146 valence electrons. The highest BCUT2D eigenvalue weighted by Gasteiger charge is 2.16. The van der Waals surface area contributed by atoms with Crippen LogP contribution in [0.2, 0.25) is 0 Å². The minimum absolute atomic E-state index is 0.128. The van der Waals surface area contributed by atoms with E-state index in [0.717, 1.165) is 0 Å². The van der Waals surface area contributed by atoms with Crippen LogP contribution in [0.5, 0.6) is 0 Å². The van der Waals surface area contributed by atoms with Crippen LogP contribution >= 0.6 is 0 Å². The standard InChI is InChI=1S/C20H19FN2O5/c1-12(24)22-16-6-7-17(18(10-16)23-13(2)25)19(26)11-28-20(27)9-14-4-3-5-15(21)8-14/h3-8,10H,9,11H2,1-2H3,(H,22,24)(H,23,25). The van der Waals surface area contributed by atoms with Gasteiger partial charge in [0.15, 0.2) is 6.61 Å². The van der Waals surface area contributed by atoms with Crippen molar-refractivity contribution < 1.29 is 28.3 Å². The Hall–Kier alpha value is -3.55. The van der Waals surface area contributed by atoms with Crippen molar-refractivity contribution in [2.45, 2.75) is 20.3 Å². The molecule has 8 heteroatoms. The molecule has 0 bridgehead atoms. The third kappa shape index (κ3) is 6.31. The number of carbonyl (C=O) groups is 4. The van der Waals surface area contributed by atoms with Gasteiger partial charge in [-0.05, 0) is 35.9 Å². The summed E-state index contributed by atoms with van der Waals surface area (Å²) in [5.41, 5.74) is 1.14. The predicted octanol–water partition coefficient (Wildman–Crippen LogP) is 2.71. The Morgan fingerprint density at radius 2 is 1.68 bits per heavy atom. The van der Waals surface area contributed by atoms with E-state index in [1.54, 1.807) is 6.07 Å². The lowest BCUT2D eigenvalue weighted by Crippen LogP contribution is -2.18. The molecule has 2 N–H and O–H groups in total. The number of carbonyl (C=O) groups excluding carboxylic acids is 4. The monoisotopic (exact) mass is 386 g/mol. The number of anilines is 2. The quantitative estimate of drug-likeness (QED) is 0.563. The molecule has 0 radical (unpaired) electrons. The second-order valence-corrected chi connectivity index (χ2v) is 6.01. The van der Waals surface area contributed by atoms with E-state index < -0.39 is 30.1 Å². The van der Waals surface area contributed by atoms with Crippen LogP contribution in [-0.4, -0.2) is 30.2 Å². The summed E-state index contributed by atoms with van der Waals surface area (Å²) in [5, 5.41) is 5.06. The maximum Gasteiger partial charge on any atom is 0.310 e. The molecule has 0 saturated carbocycles. The van der Waals surface area contributed by atoms with Gasteiger partial charge in [0.1, 0.15) is 5.82 Å². The van der Waals surface area contributed by atoms with Gasteiger partial charge in [-0.25, -0.2) is 4.39 Å². The van der Waals surface area contributed by atoms with E-state index in [1.807, 2.05) is 0 Å². The minimum Gasteiger partial charge on any atom is -0.457 e. The third-order valence-corrected chi connectivity index (χ3v) is 3.55. The van der Waals surface area contributed by atoms with Gasteiger partial charge in [-0.15, -0.1) is 0 Å². The van der Waals surface area contributed by atoms with Gasteiger partial charge in [0.2, 0.25) is 17.6 Å². The molecule has 2 rings (SSSR count). The van der Waals surface area contributed by atoms with Gasteiger partial charge in [0.25, 0.3) is 0 Å². The van der Waals surface area contributed by atoms with E-state index in [0.29, 0.717) is 11.3 Å². The smallest absolute Gasteiger partial charge is 0.310 e. The van der Waals surface area contributed by atoms with Crippen LogP contribution in [0.25, 0.3) is 0 Å². The molecule has 2 amide bonds. The predicted molar refractivity (Wildman–Crippen MR) is 100 cm³/mol. The summed E-state index contributed by atoms with van der Waals surface area (Å²) in [6.07, 6.45) is -0.176. The van der Waals surface area contributed by atoms with Crippen LogP contribution in [0.3, 0.4) is 0 Å². The largest absolute Gasteiger partial charge is 0.457 e. The van der Waals surface area contributed by atoms with Crippen molar-refractivity contribution in [2.75, 3.05) is 17.2 Å². The molecule has 0 aliphatic carbocycles. The third-order valence-electron chi connectivity index (χ3n) is 3.55. The molecular weight excluding hydrogens is 367 g/mol. The second kappa shape index (κ2) is 9.40. The lowest BCUT2D eigenvalue weighted by molar-refractivity contribution is -0.141. The summed E-state index contributed by atoms with van der Waals surface area (Å²) in [6.45, 7) is 2.06. The van der Waals surface area contributed by atoms with Gasteiger partial charge >= 0.3 is 5.97 Å². The molecule has 0 atom stereocenters. The lowest BCUT2D eigenvalue weighted by atomic mass is 10.1. The fourth-order valence-electron chi connectivity index (χ4n) is 2.45. The number of halogens is 1. The van der Waals surface area contributed by atoms with Crippen molar-refractivity contribution in [1.82, 2.24) is 0 Å². The zero-order chi connectivity index (χ0) is 20.7. The first-order valence-corrected chi connectivity index (χ1v) is 8.37.